The fourth-order valence-corrected chi connectivity index (χ4v) is 2.23. The SMILES string of the molecule is N#CC(=Cc1cc(Cl)c(O)c(Cl)c1)C(=O)c1ccccc1. The lowest BCUT2D eigenvalue weighted by atomic mass is 10.0. The molecule has 0 radical (unpaired) electrons. The van der Waals surface area contributed by atoms with Gasteiger partial charge in [0.15, 0.2) is 5.75 Å². The number of ketones is 1. The van der Waals surface area contributed by atoms with E-state index in [9.17, 15) is 9.90 Å². The average molecular weight is 318 g/mol. The largest absolute Gasteiger partial charge is 0.505 e. The number of carbonyl (C=O) groups excluding carboxylic acids is 1. The van der Waals surface area contributed by atoms with Crippen LogP contribution >= 0.6 is 23.2 Å². The Morgan fingerprint density at radius 3 is 2.24 bits per heavy atom. The maximum absolute atomic E-state index is 12.2. The molecule has 0 aromatic heterocycles. The number of allylic oxidation sites excluding steroid dienone is 1. The fourth-order valence-electron chi connectivity index (χ4n) is 1.73. The van der Waals surface area contributed by atoms with E-state index < -0.39 is 5.78 Å². The van der Waals surface area contributed by atoms with E-state index in [1.54, 1.807) is 30.3 Å². The summed E-state index contributed by atoms with van der Waals surface area (Å²) in [4.78, 5) is 12.2. The molecule has 104 valence electrons. The molecular weight excluding hydrogens is 309 g/mol. The third kappa shape index (κ3) is 3.43. The Morgan fingerprint density at radius 1 is 1.14 bits per heavy atom. The second-order valence-corrected chi connectivity index (χ2v) is 5.01. The summed E-state index contributed by atoms with van der Waals surface area (Å²) in [7, 11) is 0. The van der Waals surface area contributed by atoms with Crippen molar-refractivity contribution >= 4 is 35.1 Å². The Balaban J connectivity index is 2.43. The van der Waals surface area contributed by atoms with Gasteiger partial charge in [-0.15, -0.1) is 0 Å². The lowest BCUT2D eigenvalue weighted by molar-refractivity contribution is 0.104. The van der Waals surface area contributed by atoms with Crippen molar-refractivity contribution in [1.29, 1.82) is 5.26 Å². The Morgan fingerprint density at radius 2 is 1.71 bits per heavy atom. The molecule has 0 fully saturated rings. The minimum Gasteiger partial charge on any atom is -0.505 e. The minimum absolute atomic E-state index is 0.0426. The number of benzene rings is 2. The molecule has 0 saturated heterocycles. The smallest absolute Gasteiger partial charge is 0.203 e. The van der Waals surface area contributed by atoms with Gasteiger partial charge < -0.3 is 5.11 Å². The topological polar surface area (TPSA) is 61.1 Å². The Kier molecular flexibility index (Phi) is 4.64. The predicted molar refractivity (Wildman–Crippen MR) is 82.5 cm³/mol. The van der Waals surface area contributed by atoms with Crippen molar-refractivity contribution in [3.05, 3.63) is 69.2 Å². The van der Waals surface area contributed by atoms with Crippen molar-refractivity contribution in [1.82, 2.24) is 0 Å². The monoisotopic (exact) mass is 317 g/mol. The first-order valence-electron chi connectivity index (χ1n) is 5.92. The van der Waals surface area contributed by atoms with Crippen LogP contribution in [-0.4, -0.2) is 10.9 Å². The van der Waals surface area contributed by atoms with Crippen LogP contribution in [-0.2, 0) is 0 Å². The number of nitriles is 1. The van der Waals surface area contributed by atoms with E-state index in [-0.39, 0.29) is 21.4 Å². The lowest BCUT2D eigenvalue weighted by Gasteiger charge is -2.03. The van der Waals surface area contributed by atoms with Crippen molar-refractivity contribution < 1.29 is 9.90 Å². The van der Waals surface area contributed by atoms with Crippen molar-refractivity contribution in [2.24, 2.45) is 0 Å². The van der Waals surface area contributed by atoms with Gasteiger partial charge in [-0.25, -0.2) is 0 Å². The summed E-state index contributed by atoms with van der Waals surface area (Å²) in [6, 6.07) is 13.2. The van der Waals surface area contributed by atoms with Crippen LogP contribution in [0.2, 0.25) is 10.0 Å². The zero-order chi connectivity index (χ0) is 15.4. The van der Waals surface area contributed by atoms with Gasteiger partial charge >= 0.3 is 0 Å². The normalized spacial score (nSPS) is 11.0. The molecule has 3 nitrogen and oxygen atoms in total. The third-order valence-electron chi connectivity index (χ3n) is 2.75. The summed E-state index contributed by atoms with van der Waals surface area (Å²) in [5.41, 5.74) is 0.837. The lowest BCUT2D eigenvalue weighted by Crippen LogP contribution is -2.01. The molecule has 2 aromatic carbocycles. The molecule has 21 heavy (non-hydrogen) atoms. The molecule has 0 unspecified atom stereocenters. The van der Waals surface area contributed by atoms with Crippen molar-refractivity contribution in [2.45, 2.75) is 0 Å². The number of halogens is 2. The molecule has 0 spiro atoms. The summed E-state index contributed by atoms with van der Waals surface area (Å²) < 4.78 is 0. The van der Waals surface area contributed by atoms with Crippen LogP contribution in [0.4, 0.5) is 0 Å². The number of hydrogen-bond donors (Lipinski definition) is 1. The molecule has 1 N–H and O–H groups in total. The van der Waals surface area contributed by atoms with Gasteiger partial charge in [0.1, 0.15) is 11.6 Å². The highest BCUT2D eigenvalue weighted by atomic mass is 35.5. The summed E-state index contributed by atoms with van der Waals surface area (Å²) in [5.74, 6) is -0.623. The maximum atomic E-state index is 12.2. The third-order valence-corrected chi connectivity index (χ3v) is 3.33. The standard InChI is InChI=1S/C16H9Cl2NO2/c17-13-7-10(8-14(18)16(13)21)6-12(9-19)15(20)11-4-2-1-3-5-11/h1-8,21H. The summed E-state index contributed by atoms with van der Waals surface area (Å²) in [5, 5.41) is 18.8. The summed E-state index contributed by atoms with van der Waals surface area (Å²) in [6.07, 6.45) is 1.38. The number of Topliss-reactive ketones (excluding diaryl/α,β-unsaturated/α-hetero) is 1. The first-order valence-corrected chi connectivity index (χ1v) is 6.68. The number of phenols is 1. The van der Waals surface area contributed by atoms with Gasteiger partial charge in [0.2, 0.25) is 5.78 Å². The highest BCUT2D eigenvalue weighted by Gasteiger charge is 2.13. The van der Waals surface area contributed by atoms with Gasteiger partial charge in [-0.1, -0.05) is 53.5 Å². The van der Waals surface area contributed by atoms with Crippen LogP contribution in [0.25, 0.3) is 6.08 Å². The number of rotatable bonds is 3. The maximum Gasteiger partial charge on any atom is 0.203 e. The molecule has 5 heteroatoms. The molecule has 0 aliphatic rings. The molecule has 0 amide bonds. The van der Waals surface area contributed by atoms with Gasteiger partial charge in [0.25, 0.3) is 0 Å². The quantitative estimate of drug-likeness (QED) is 0.515. The van der Waals surface area contributed by atoms with Gasteiger partial charge in [-0.3, -0.25) is 4.79 Å². The van der Waals surface area contributed by atoms with Crippen molar-refractivity contribution in [2.75, 3.05) is 0 Å². The number of hydrogen-bond acceptors (Lipinski definition) is 3. The highest BCUT2D eigenvalue weighted by Crippen LogP contribution is 2.33. The minimum atomic E-state index is -0.390. The van der Waals surface area contributed by atoms with Gasteiger partial charge in [-0.2, -0.15) is 5.26 Å². The Labute approximate surface area is 131 Å². The van der Waals surface area contributed by atoms with E-state index in [0.29, 0.717) is 11.1 Å². The number of phenolic OH excluding ortho intramolecular Hbond substituents is 1. The summed E-state index contributed by atoms with van der Waals surface area (Å²) in [6.45, 7) is 0. The Bertz CT molecular complexity index is 739. The van der Waals surface area contributed by atoms with Crippen LogP contribution in [0, 0.1) is 11.3 Å². The van der Waals surface area contributed by atoms with Gasteiger partial charge in [-0.05, 0) is 23.8 Å². The van der Waals surface area contributed by atoms with E-state index in [4.69, 9.17) is 28.5 Å². The van der Waals surface area contributed by atoms with Crippen LogP contribution < -0.4 is 0 Å². The van der Waals surface area contributed by atoms with E-state index in [0.717, 1.165) is 0 Å². The molecule has 2 rings (SSSR count). The van der Waals surface area contributed by atoms with Gasteiger partial charge in [0.05, 0.1) is 10.0 Å². The predicted octanol–water partition coefficient (Wildman–Crippen LogP) is 4.49. The average Bonchev–Trinajstić information content (AvgIpc) is 2.50. The van der Waals surface area contributed by atoms with Gasteiger partial charge in [0, 0.05) is 5.56 Å². The van der Waals surface area contributed by atoms with E-state index in [1.807, 2.05) is 6.07 Å². The summed E-state index contributed by atoms with van der Waals surface area (Å²) >= 11 is 11.6. The number of carbonyl (C=O) groups is 1. The molecule has 0 heterocycles. The van der Waals surface area contributed by atoms with Crippen LogP contribution in [0.5, 0.6) is 5.75 Å². The van der Waals surface area contributed by atoms with Crippen molar-refractivity contribution in [3.8, 4) is 11.8 Å². The zero-order valence-electron chi connectivity index (χ0n) is 10.7. The van der Waals surface area contributed by atoms with E-state index in [1.165, 1.54) is 18.2 Å². The molecule has 0 atom stereocenters. The molecule has 0 aliphatic carbocycles. The zero-order valence-corrected chi connectivity index (χ0v) is 12.2. The molecule has 0 aliphatic heterocycles. The van der Waals surface area contributed by atoms with Crippen LogP contribution in [0.3, 0.4) is 0 Å². The van der Waals surface area contributed by atoms with E-state index in [2.05, 4.69) is 0 Å². The molecule has 2 aromatic rings. The molecule has 0 saturated carbocycles. The fraction of sp³-hybridized carbons (Fsp3) is 0. The van der Waals surface area contributed by atoms with E-state index >= 15 is 0 Å². The number of nitrogens with zero attached hydrogens (tertiary/aromatic N) is 1. The Hall–Kier alpha value is -2.28. The first kappa shape index (κ1) is 15.1. The highest BCUT2D eigenvalue weighted by molar-refractivity contribution is 6.37. The van der Waals surface area contributed by atoms with Crippen molar-refractivity contribution in [3.63, 3.8) is 0 Å². The first-order chi connectivity index (χ1) is 10.0. The molecule has 0 bridgehead atoms. The molecular formula is C16H9Cl2NO2. The number of aromatic hydroxyl groups is 1. The van der Waals surface area contributed by atoms with Crippen LogP contribution in [0.1, 0.15) is 15.9 Å². The second-order valence-electron chi connectivity index (χ2n) is 4.20. The second kappa shape index (κ2) is 6.45. The van der Waals surface area contributed by atoms with Crippen LogP contribution in [0.15, 0.2) is 48.0 Å².